The van der Waals surface area contributed by atoms with Gasteiger partial charge in [0.05, 0.1) is 22.9 Å². The number of carbonyl (C=O) groups is 1. The standard InChI is InChI=1S/C21H13ClF3NO5S/c22-15-5-11-6-19(20(15)27)32(29,30)26-18-8-14(16(24)9-17(18)25)13-7-12(23)2-1-10(13)3-4-31-21(11)28/h1-2,5-9,26-27H,3-4H2. The molecule has 2 N–H and O–H groups in total. The summed E-state index contributed by atoms with van der Waals surface area (Å²) in [5, 5.41) is 9.68. The van der Waals surface area contributed by atoms with Crippen LogP contribution in [0, 0.1) is 17.5 Å². The third kappa shape index (κ3) is 3.98. The third-order valence-electron chi connectivity index (χ3n) is 4.82. The second-order valence-electron chi connectivity index (χ2n) is 6.91. The number of benzene rings is 3. The van der Waals surface area contributed by atoms with Gasteiger partial charge >= 0.3 is 5.97 Å². The number of phenols is 1. The van der Waals surface area contributed by atoms with Crippen LogP contribution in [0.2, 0.25) is 5.02 Å². The molecule has 0 radical (unpaired) electrons. The molecule has 3 aromatic carbocycles. The molecule has 0 saturated carbocycles. The molecular weight excluding hydrogens is 471 g/mol. The fourth-order valence-corrected chi connectivity index (χ4v) is 4.76. The summed E-state index contributed by atoms with van der Waals surface area (Å²) in [4.78, 5) is 11.6. The lowest BCUT2D eigenvalue weighted by molar-refractivity contribution is 0.0509. The minimum absolute atomic E-state index is 0.0282. The monoisotopic (exact) mass is 483 g/mol. The number of carbonyl (C=O) groups excluding carboxylic acids is 1. The van der Waals surface area contributed by atoms with Crippen LogP contribution in [-0.4, -0.2) is 26.1 Å². The second-order valence-corrected chi connectivity index (χ2v) is 8.97. The van der Waals surface area contributed by atoms with Crippen molar-refractivity contribution < 1.29 is 36.2 Å². The first-order chi connectivity index (χ1) is 15.1. The van der Waals surface area contributed by atoms with Gasteiger partial charge in [-0.15, -0.1) is 0 Å². The normalized spacial score (nSPS) is 15.2. The second kappa shape index (κ2) is 8.03. The summed E-state index contributed by atoms with van der Waals surface area (Å²) in [6, 6.07) is 6.66. The van der Waals surface area contributed by atoms with Gasteiger partial charge in [-0.3, -0.25) is 4.72 Å². The molecule has 0 amide bonds. The third-order valence-corrected chi connectivity index (χ3v) is 6.49. The number of esters is 1. The van der Waals surface area contributed by atoms with Gasteiger partial charge in [0.1, 0.15) is 22.3 Å². The Morgan fingerprint density at radius 2 is 1.75 bits per heavy atom. The zero-order chi connectivity index (χ0) is 23.2. The van der Waals surface area contributed by atoms with Gasteiger partial charge in [0.15, 0.2) is 5.75 Å². The van der Waals surface area contributed by atoms with E-state index in [1.54, 1.807) is 0 Å². The summed E-state index contributed by atoms with van der Waals surface area (Å²) >= 11 is 5.87. The summed E-state index contributed by atoms with van der Waals surface area (Å²) in [7, 11) is -4.69. The Kier molecular flexibility index (Phi) is 5.51. The van der Waals surface area contributed by atoms with E-state index in [1.165, 1.54) is 6.07 Å². The van der Waals surface area contributed by atoms with Crippen molar-refractivity contribution in [2.24, 2.45) is 0 Å². The molecule has 0 saturated heterocycles. The van der Waals surface area contributed by atoms with Crippen LogP contribution in [0.3, 0.4) is 0 Å². The number of halogens is 4. The van der Waals surface area contributed by atoms with Crippen LogP contribution in [0.4, 0.5) is 18.9 Å². The maximum atomic E-state index is 14.6. The molecule has 0 spiro atoms. The van der Waals surface area contributed by atoms with E-state index in [-0.39, 0.29) is 29.7 Å². The van der Waals surface area contributed by atoms with Gasteiger partial charge in [-0.25, -0.2) is 26.4 Å². The van der Waals surface area contributed by atoms with E-state index in [4.69, 9.17) is 16.3 Å². The molecule has 1 aliphatic rings. The zero-order valence-corrected chi connectivity index (χ0v) is 17.5. The summed E-state index contributed by atoms with van der Waals surface area (Å²) < 4.78 is 75.7. The maximum absolute atomic E-state index is 14.6. The Labute approximate surface area is 185 Å². The average molecular weight is 484 g/mol. The van der Waals surface area contributed by atoms with Crippen LogP contribution in [0.25, 0.3) is 11.1 Å². The summed E-state index contributed by atoms with van der Waals surface area (Å²) in [5.74, 6) is -4.84. The topological polar surface area (TPSA) is 92.7 Å². The Balaban J connectivity index is 1.98. The van der Waals surface area contributed by atoms with Gasteiger partial charge in [0.2, 0.25) is 0 Å². The number of phenolic OH excluding ortho intramolecular Hbond substituents is 1. The number of fused-ring (bicyclic) bond motifs is 6. The molecule has 4 rings (SSSR count). The predicted molar refractivity (Wildman–Crippen MR) is 110 cm³/mol. The van der Waals surface area contributed by atoms with Crippen molar-refractivity contribution in [2.45, 2.75) is 11.3 Å². The lowest BCUT2D eigenvalue weighted by Gasteiger charge is -2.17. The first-order valence-electron chi connectivity index (χ1n) is 9.07. The molecule has 0 atom stereocenters. The summed E-state index contributed by atoms with van der Waals surface area (Å²) in [6.45, 7) is -0.216. The highest BCUT2D eigenvalue weighted by atomic mass is 35.5. The molecule has 166 valence electrons. The van der Waals surface area contributed by atoms with Gasteiger partial charge in [-0.1, -0.05) is 17.7 Å². The molecule has 0 unspecified atom stereocenters. The molecular formula is C21H13ClF3NO5S. The molecule has 11 heteroatoms. The number of ether oxygens (including phenoxy) is 1. The fraction of sp³-hybridized carbons (Fsp3) is 0.0952. The number of cyclic esters (lactones) is 1. The van der Waals surface area contributed by atoms with E-state index in [9.17, 15) is 31.5 Å². The number of aromatic hydroxyl groups is 1. The quantitative estimate of drug-likeness (QED) is 0.454. The average Bonchev–Trinajstić information content (AvgIpc) is 2.72. The number of sulfonamides is 1. The van der Waals surface area contributed by atoms with Crippen LogP contribution in [0.1, 0.15) is 15.9 Å². The van der Waals surface area contributed by atoms with Gasteiger partial charge in [-0.2, -0.15) is 0 Å². The summed E-state index contributed by atoms with van der Waals surface area (Å²) in [5.41, 5.74) is -0.805. The van der Waals surface area contributed by atoms with Gasteiger partial charge < -0.3 is 9.84 Å². The van der Waals surface area contributed by atoms with E-state index >= 15 is 0 Å². The lowest BCUT2D eigenvalue weighted by atomic mass is 9.96. The minimum Gasteiger partial charge on any atom is -0.505 e. The Morgan fingerprint density at radius 1 is 1.00 bits per heavy atom. The van der Waals surface area contributed by atoms with Crippen molar-refractivity contribution in [3.05, 3.63) is 76.1 Å². The van der Waals surface area contributed by atoms with Crippen molar-refractivity contribution >= 4 is 33.3 Å². The molecule has 0 fully saturated rings. The maximum Gasteiger partial charge on any atom is 0.338 e. The highest BCUT2D eigenvalue weighted by molar-refractivity contribution is 7.92. The van der Waals surface area contributed by atoms with Crippen molar-refractivity contribution in [3.63, 3.8) is 0 Å². The molecule has 0 aromatic heterocycles. The van der Waals surface area contributed by atoms with E-state index in [2.05, 4.69) is 0 Å². The Bertz CT molecular complexity index is 1380. The van der Waals surface area contributed by atoms with Crippen LogP contribution in [-0.2, 0) is 21.2 Å². The fourth-order valence-electron chi connectivity index (χ4n) is 3.28. The van der Waals surface area contributed by atoms with E-state index in [1.807, 2.05) is 4.72 Å². The number of anilines is 1. The van der Waals surface area contributed by atoms with Crippen molar-refractivity contribution in [1.82, 2.24) is 0 Å². The van der Waals surface area contributed by atoms with Crippen LogP contribution in [0.15, 0.2) is 47.4 Å². The van der Waals surface area contributed by atoms with E-state index in [0.717, 1.165) is 30.3 Å². The number of hydrogen-bond donors (Lipinski definition) is 2. The molecule has 1 heterocycles. The summed E-state index contributed by atoms with van der Waals surface area (Å²) in [6.07, 6.45) is 0.0535. The van der Waals surface area contributed by atoms with Crippen molar-refractivity contribution in [1.29, 1.82) is 0 Å². The Hall–Kier alpha value is -3.24. The minimum atomic E-state index is -4.69. The molecule has 6 nitrogen and oxygen atoms in total. The van der Waals surface area contributed by atoms with Crippen LogP contribution < -0.4 is 4.72 Å². The first-order valence-corrected chi connectivity index (χ1v) is 10.9. The van der Waals surface area contributed by atoms with Crippen molar-refractivity contribution in [3.8, 4) is 16.9 Å². The first kappa shape index (κ1) is 22.0. The molecule has 4 bridgehead atoms. The Morgan fingerprint density at radius 3 is 2.50 bits per heavy atom. The predicted octanol–water partition coefficient (Wildman–Crippen LogP) is 4.64. The number of hydrogen-bond acceptors (Lipinski definition) is 5. The van der Waals surface area contributed by atoms with E-state index in [0.29, 0.717) is 11.6 Å². The SMILES string of the molecule is O=C1OCCc2ccc(F)cc2-c2cc(c(F)cc2F)NS(=O)(=O)c2cc1cc(Cl)c2O. The van der Waals surface area contributed by atoms with Gasteiger partial charge in [0.25, 0.3) is 10.0 Å². The molecule has 0 aliphatic carbocycles. The van der Waals surface area contributed by atoms with Crippen molar-refractivity contribution in [2.75, 3.05) is 11.3 Å². The smallest absolute Gasteiger partial charge is 0.338 e. The lowest BCUT2D eigenvalue weighted by Crippen LogP contribution is -2.17. The largest absolute Gasteiger partial charge is 0.505 e. The van der Waals surface area contributed by atoms with Crippen LogP contribution in [0.5, 0.6) is 5.75 Å². The van der Waals surface area contributed by atoms with E-state index < -0.39 is 54.8 Å². The number of rotatable bonds is 0. The zero-order valence-electron chi connectivity index (χ0n) is 16.0. The molecule has 3 aromatic rings. The highest BCUT2D eigenvalue weighted by Crippen LogP contribution is 2.36. The molecule has 32 heavy (non-hydrogen) atoms. The van der Waals surface area contributed by atoms with Gasteiger partial charge in [-0.05, 0) is 41.5 Å². The highest BCUT2D eigenvalue weighted by Gasteiger charge is 2.27. The molecule has 1 aliphatic heterocycles. The van der Waals surface area contributed by atoms with Crippen LogP contribution >= 0.6 is 11.6 Å². The van der Waals surface area contributed by atoms with Gasteiger partial charge in [0, 0.05) is 18.1 Å². The number of nitrogens with one attached hydrogen (secondary N) is 1.